The molecule has 2 rings (SSSR count). The number of aromatic nitrogens is 1. The smallest absolute Gasteiger partial charge is 0.244 e. The maximum absolute atomic E-state index is 12.3. The Morgan fingerprint density at radius 2 is 1.76 bits per heavy atom. The maximum atomic E-state index is 12.3. The Balaban J connectivity index is 2.11. The average molecular weight is 305 g/mol. The van der Waals surface area contributed by atoms with E-state index in [1.165, 1.54) is 18.4 Å². The highest BCUT2D eigenvalue weighted by Gasteiger charge is 2.20. The van der Waals surface area contributed by atoms with Crippen LogP contribution in [0.5, 0.6) is 0 Å². The van der Waals surface area contributed by atoms with Crippen molar-refractivity contribution in [1.82, 2.24) is 9.29 Å². The molecule has 0 fully saturated rings. The summed E-state index contributed by atoms with van der Waals surface area (Å²) in [5, 5.41) is 3.20. The number of hydrogen-bond acceptors (Lipinski definition) is 4. The molecule has 0 unspecified atom stereocenters. The molecule has 0 saturated carbocycles. The van der Waals surface area contributed by atoms with Crippen molar-refractivity contribution in [3.8, 4) is 0 Å². The van der Waals surface area contributed by atoms with E-state index in [1.807, 2.05) is 18.2 Å². The minimum atomic E-state index is -3.44. The van der Waals surface area contributed by atoms with Gasteiger partial charge in [-0.2, -0.15) is 0 Å². The molecule has 2 aromatic rings. The lowest BCUT2D eigenvalue weighted by Crippen LogP contribution is -2.23. The van der Waals surface area contributed by atoms with Crippen LogP contribution in [0.4, 0.5) is 5.69 Å². The fourth-order valence-electron chi connectivity index (χ4n) is 1.93. The predicted molar refractivity (Wildman–Crippen MR) is 83.7 cm³/mol. The van der Waals surface area contributed by atoms with Gasteiger partial charge in [0.25, 0.3) is 0 Å². The molecule has 1 aromatic carbocycles. The molecule has 5 nitrogen and oxygen atoms in total. The topological polar surface area (TPSA) is 62.3 Å². The summed E-state index contributed by atoms with van der Waals surface area (Å²) < 4.78 is 25.7. The van der Waals surface area contributed by atoms with E-state index in [-0.39, 0.29) is 0 Å². The monoisotopic (exact) mass is 305 g/mol. The molecule has 0 aliphatic carbocycles. The normalized spacial score (nSPS) is 11.6. The second-order valence-electron chi connectivity index (χ2n) is 4.82. The van der Waals surface area contributed by atoms with Gasteiger partial charge >= 0.3 is 0 Å². The van der Waals surface area contributed by atoms with Gasteiger partial charge in [-0.3, -0.25) is 4.98 Å². The number of nitrogens with zero attached hydrogens (tertiary/aromatic N) is 2. The van der Waals surface area contributed by atoms with Crippen molar-refractivity contribution >= 4 is 15.7 Å². The molecular formula is C15H19N3O2S. The van der Waals surface area contributed by atoms with E-state index < -0.39 is 10.0 Å². The summed E-state index contributed by atoms with van der Waals surface area (Å²) in [7, 11) is -0.380. The molecule has 0 amide bonds. The Morgan fingerprint density at radius 1 is 1.10 bits per heavy atom. The van der Waals surface area contributed by atoms with Crippen molar-refractivity contribution in [2.24, 2.45) is 0 Å². The van der Waals surface area contributed by atoms with Crippen LogP contribution in [0.3, 0.4) is 0 Å². The van der Waals surface area contributed by atoms with Crippen LogP contribution in [-0.2, 0) is 16.4 Å². The van der Waals surface area contributed by atoms with E-state index in [1.54, 1.807) is 30.6 Å². The molecule has 6 heteroatoms. The van der Waals surface area contributed by atoms with Crippen molar-refractivity contribution in [3.05, 3.63) is 54.4 Å². The summed E-state index contributed by atoms with van der Waals surface area (Å²) in [5.74, 6) is 0. The zero-order valence-electron chi connectivity index (χ0n) is 12.2. The summed E-state index contributed by atoms with van der Waals surface area (Å²) in [6.07, 6.45) is 4.30. The van der Waals surface area contributed by atoms with E-state index in [9.17, 15) is 8.42 Å². The van der Waals surface area contributed by atoms with Gasteiger partial charge in [0.1, 0.15) is 4.90 Å². The zero-order chi connectivity index (χ0) is 15.3. The third-order valence-corrected chi connectivity index (χ3v) is 5.00. The molecular weight excluding hydrogens is 286 g/mol. The first kappa shape index (κ1) is 15.5. The van der Waals surface area contributed by atoms with Gasteiger partial charge in [-0.1, -0.05) is 12.1 Å². The van der Waals surface area contributed by atoms with Gasteiger partial charge in [0, 0.05) is 33.0 Å². The van der Waals surface area contributed by atoms with Crippen LogP contribution in [0.25, 0.3) is 0 Å². The number of pyridine rings is 1. The lowest BCUT2D eigenvalue weighted by molar-refractivity contribution is 0.521. The highest BCUT2D eigenvalue weighted by atomic mass is 32.2. The third-order valence-electron chi connectivity index (χ3n) is 3.12. The largest absolute Gasteiger partial charge is 0.384 e. The van der Waals surface area contributed by atoms with Crippen LogP contribution in [-0.4, -0.2) is 38.3 Å². The predicted octanol–water partition coefficient (Wildman–Crippen LogP) is 1.99. The van der Waals surface area contributed by atoms with Gasteiger partial charge < -0.3 is 5.32 Å². The molecule has 0 atom stereocenters. The van der Waals surface area contributed by atoms with Crippen LogP contribution < -0.4 is 5.32 Å². The number of hydrogen-bond donors (Lipinski definition) is 1. The Kier molecular flexibility index (Phi) is 4.93. The summed E-state index contributed by atoms with van der Waals surface area (Å²) in [5.41, 5.74) is 1.78. The number of anilines is 1. The van der Waals surface area contributed by atoms with Crippen LogP contribution in [0.15, 0.2) is 53.7 Å². The van der Waals surface area contributed by atoms with Crippen LogP contribution in [0, 0.1) is 0 Å². The van der Waals surface area contributed by atoms with E-state index in [2.05, 4.69) is 10.3 Å². The minimum Gasteiger partial charge on any atom is -0.384 e. The SMILES string of the molecule is CN(C)S(=O)(=O)c1ccccc1NCCc1ccncc1. The van der Waals surface area contributed by atoms with Gasteiger partial charge in [-0.05, 0) is 36.2 Å². The number of nitrogens with one attached hydrogen (secondary N) is 1. The van der Waals surface area contributed by atoms with Crippen molar-refractivity contribution in [1.29, 1.82) is 0 Å². The Morgan fingerprint density at radius 3 is 2.43 bits per heavy atom. The Bertz CT molecular complexity index is 685. The fourth-order valence-corrected chi connectivity index (χ4v) is 2.99. The van der Waals surface area contributed by atoms with Crippen LogP contribution >= 0.6 is 0 Å². The molecule has 0 aliphatic heterocycles. The second-order valence-corrected chi connectivity index (χ2v) is 6.94. The first-order valence-electron chi connectivity index (χ1n) is 6.66. The first-order valence-corrected chi connectivity index (χ1v) is 8.10. The summed E-state index contributed by atoms with van der Waals surface area (Å²) in [6.45, 7) is 0.657. The number of para-hydroxylation sites is 1. The summed E-state index contributed by atoms with van der Waals surface area (Å²) >= 11 is 0. The standard InChI is InChI=1S/C15H19N3O2S/c1-18(2)21(19,20)15-6-4-3-5-14(15)17-12-9-13-7-10-16-11-8-13/h3-8,10-11,17H,9,12H2,1-2H3. The number of rotatable bonds is 6. The van der Waals surface area contributed by atoms with E-state index >= 15 is 0 Å². The van der Waals surface area contributed by atoms with Gasteiger partial charge in [0.15, 0.2) is 0 Å². The van der Waals surface area contributed by atoms with Crippen molar-refractivity contribution in [2.75, 3.05) is 26.0 Å². The Labute approximate surface area is 125 Å². The van der Waals surface area contributed by atoms with E-state index in [4.69, 9.17) is 0 Å². The first-order chi connectivity index (χ1) is 10.0. The highest BCUT2D eigenvalue weighted by Crippen LogP contribution is 2.22. The molecule has 0 aliphatic rings. The lowest BCUT2D eigenvalue weighted by Gasteiger charge is -2.16. The minimum absolute atomic E-state index is 0.296. The molecule has 0 radical (unpaired) electrons. The van der Waals surface area contributed by atoms with Gasteiger partial charge in [-0.15, -0.1) is 0 Å². The third kappa shape index (κ3) is 3.80. The molecule has 0 spiro atoms. The van der Waals surface area contributed by atoms with Gasteiger partial charge in [-0.25, -0.2) is 12.7 Å². The highest BCUT2D eigenvalue weighted by molar-refractivity contribution is 7.89. The second kappa shape index (κ2) is 6.69. The average Bonchev–Trinajstić information content (AvgIpc) is 2.48. The van der Waals surface area contributed by atoms with Crippen molar-refractivity contribution in [3.63, 3.8) is 0 Å². The molecule has 1 aromatic heterocycles. The van der Waals surface area contributed by atoms with Crippen molar-refractivity contribution in [2.45, 2.75) is 11.3 Å². The van der Waals surface area contributed by atoms with Crippen LogP contribution in [0.2, 0.25) is 0 Å². The molecule has 1 heterocycles. The summed E-state index contributed by atoms with van der Waals surface area (Å²) in [6, 6.07) is 10.8. The molecule has 112 valence electrons. The van der Waals surface area contributed by atoms with Gasteiger partial charge in [0.2, 0.25) is 10.0 Å². The van der Waals surface area contributed by atoms with Crippen molar-refractivity contribution < 1.29 is 8.42 Å². The lowest BCUT2D eigenvalue weighted by atomic mass is 10.2. The van der Waals surface area contributed by atoms with Crippen LogP contribution in [0.1, 0.15) is 5.56 Å². The summed E-state index contributed by atoms with van der Waals surface area (Å²) in [4.78, 5) is 4.27. The van der Waals surface area contributed by atoms with Gasteiger partial charge in [0.05, 0.1) is 5.69 Å². The molecule has 0 bridgehead atoms. The molecule has 21 heavy (non-hydrogen) atoms. The number of sulfonamides is 1. The quantitative estimate of drug-likeness (QED) is 0.886. The molecule has 0 saturated heterocycles. The van der Waals surface area contributed by atoms with E-state index in [0.29, 0.717) is 17.1 Å². The number of benzene rings is 1. The zero-order valence-corrected chi connectivity index (χ0v) is 13.0. The Hall–Kier alpha value is -1.92. The van der Waals surface area contributed by atoms with E-state index in [0.717, 1.165) is 12.0 Å². The fraction of sp³-hybridized carbons (Fsp3) is 0.267. The molecule has 1 N–H and O–H groups in total. The maximum Gasteiger partial charge on any atom is 0.244 e.